The fourth-order valence-electron chi connectivity index (χ4n) is 4.96. The van der Waals surface area contributed by atoms with Crippen molar-refractivity contribution < 1.29 is 9.22 Å². The zero-order valence-electron chi connectivity index (χ0n) is 21.3. The van der Waals surface area contributed by atoms with E-state index in [2.05, 4.69) is 118 Å². The number of nitrogens with one attached hydrogen (secondary N) is 1. The highest BCUT2D eigenvalue weighted by Gasteiger charge is 2.50. The average Bonchev–Trinajstić information content (AvgIpc) is 2.80. The topological polar surface area (TPSA) is 38.3 Å². The number of benzene rings is 3. The molecule has 3 rings (SSSR count). The highest BCUT2D eigenvalue weighted by Crippen LogP contribution is 2.37. The van der Waals surface area contributed by atoms with Crippen molar-refractivity contribution >= 4 is 24.6 Å². The minimum Gasteiger partial charge on any atom is -0.407 e. The number of rotatable bonds is 10. The van der Waals surface area contributed by atoms with Crippen LogP contribution >= 0.6 is 0 Å². The molecule has 0 spiro atoms. The Morgan fingerprint density at radius 3 is 1.76 bits per heavy atom. The lowest BCUT2D eigenvalue weighted by Crippen LogP contribution is -2.66. The summed E-state index contributed by atoms with van der Waals surface area (Å²) in [6, 6.07) is 32.0. The van der Waals surface area contributed by atoms with Crippen molar-refractivity contribution in [1.82, 2.24) is 5.32 Å². The first kappa shape index (κ1) is 25.9. The fourth-order valence-corrected chi connectivity index (χ4v) is 9.65. The number of carbonyl (C=O) groups is 1. The van der Waals surface area contributed by atoms with Gasteiger partial charge in [0.2, 0.25) is 5.91 Å². The van der Waals surface area contributed by atoms with E-state index in [4.69, 9.17) is 4.43 Å². The molecular formula is C30H39NO2Si. The van der Waals surface area contributed by atoms with Gasteiger partial charge in [-0.15, -0.1) is 0 Å². The Morgan fingerprint density at radius 2 is 1.32 bits per heavy atom. The van der Waals surface area contributed by atoms with Crippen molar-refractivity contribution in [3.05, 3.63) is 96.6 Å². The van der Waals surface area contributed by atoms with E-state index >= 15 is 0 Å². The summed E-state index contributed by atoms with van der Waals surface area (Å²) < 4.78 is 7.11. The summed E-state index contributed by atoms with van der Waals surface area (Å²) in [5.41, 5.74) is 1.24. The first-order chi connectivity index (χ1) is 16.2. The molecule has 3 aromatic rings. The molecule has 34 heavy (non-hydrogen) atoms. The van der Waals surface area contributed by atoms with E-state index in [9.17, 15) is 4.79 Å². The molecule has 0 aliphatic rings. The van der Waals surface area contributed by atoms with E-state index in [-0.39, 0.29) is 17.0 Å². The highest BCUT2D eigenvalue weighted by atomic mass is 28.4. The summed E-state index contributed by atoms with van der Waals surface area (Å²) in [6.45, 7) is 11.4. The van der Waals surface area contributed by atoms with E-state index in [1.54, 1.807) is 6.92 Å². The molecule has 0 aromatic heterocycles. The van der Waals surface area contributed by atoms with Crippen molar-refractivity contribution in [2.24, 2.45) is 5.92 Å². The first-order valence-electron chi connectivity index (χ1n) is 12.3. The summed E-state index contributed by atoms with van der Waals surface area (Å²) in [5.74, 6) is 0.309. The summed E-state index contributed by atoms with van der Waals surface area (Å²) in [6.07, 6.45) is 1.69. The third kappa shape index (κ3) is 6.46. The van der Waals surface area contributed by atoms with Crippen LogP contribution in [0, 0.1) is 5.92 Å². The van der Waals surface area contributed by atoms with Gasteiger partial charge in [0.25, 0.3) is 8.32 Å². The molecule has 0 saturated heterocycles. The molecular weight excluding hydrogens is 434 g/mol. The summed E-state index contributed by atoms with van der Waals surface area (Å²) in [4.78, 5) is 11.9. The molecule has 3 aromatic carbocycles. The van der Waals surface area contributed by atoms with Gasteiger partial charge in [-0.3, -0.25) is 4.79 Å². The van der Waals surface area contributed by atoms with Crippen LogP contribution < -0.4 is 15.7 Å². The van der Waals surface area contributed by atoms with Crippen LogP contribution in [0.2, 0.25) is 5.04 Å². The zero-order valence-corrected chi connectivity index (χ0v) is 22.3. The van der Waals surface area contributed by atoms with Crippen molar-refractivity contribution in [1.29, 1.82) is 0 Å². The smallest absolute Gasteiger partial charge is 0.261 e. The Morgan fingerprint density at radius 1 is 0.853 bits per heavy atom. The van der Waals surface area contributed by atoms with Gasteiger partial charge in [-0.1, -0.05) is 119 Å². The number of carbonyl (C=O) groups excluding carboxylic acids is 1. The van der Waals surface area contributed by atoms with Gasteiger partial charge in [-0.05, 0) is 39.7 Å². The van der Waals surface area contributed by atoms with Crippen molar-refractivity contribution in [3.63, 3.8) is 0 Å². The maximum atomic E-state index is 11.9. The van der Waals surface area contributed by atoms with Crippen LogP contribution in [0.5, 0.6) is 0 Å². The van der Waals surface area contributed by atoms with Crippen molar-refractivity contribution in [2.45, 2.75) is 58.5 Å². The third-order valence-electron chi connectivity index (χ3n) is 6.42. The van der Waals surface area contributed by atoms with Gasteiger partial charge in [0.1, 0.15) is 0 Å². The standard InChI is InChI=1S/C30H39NO2Si/c1-24(21-27(31-25(2)32)22-26-15-9-6-10-16-26)23-33-34(30(3,4)5,28-17-11-7-12-18-28)29-19-13-8-14-20-29/h6-20,24,27H,21-23H2,1-5H3,(H,31,32)/t24-,27+/m0/s1. The Kier molecular flexibility index (Phi) is 8.87. The van der Waals surface area contributed by atoms with Gasteiger partial charge < -0.3 is 9.74 Å². The van der Waals surface area contributed by atoms with Gasteiger partial charge in [0.15, 0.2) is 0 Å². The molecule has 0 saturated carbocycles. The SMILES string of the molecule is CC(=O)N[C@@H](Cc1ccccc1)C[C@H](C)CO[Si](c1ccccc1)(c1ccccc1)C(C)(C)C. The maximum absolute atomic E-state index is 11.9. The molecule has 0 aliphatic heterocycles. The molecule has 3 nitrogen and oxygen atoms in total. The predicted molar refractivity (Wildman–Crippen MR) is 145 cm³/mol. The lowest BCUT2D eigenvalue weighted by molar-refractivity contribution is -0.119. The minimum absolute atomic E-state index is 0.0148. The number of amides is 1. The third-order valence-corrected chi connectivity index (χ3v) is 11.4. The summed E-state index contributed by atoms with van der Waals surface area (Å²) in [7, 11) is -2.56. The summed E-state index contributed by atoms with van der Waals surface area (Å²) >= 11 is 0. The second kappa shape index (κ2) is 11.6. The van der Waals surface area contributed by atoms with Crippen LogP contribution in [-0.2, 0) is 15.6 Å². The average molecular weight is 474 g/mol. The second-order valence-electron chi connectivity index (χ2n) is 10.4. The molecule has 0 heterocycles. The Labute approximate surface area is 206 Å². The maximum Gasteiger partial charge on any atom is 0.261 e. The largest absolute Gasteiger partial charge is 0.407 e. The monoisotopic (exact) mass is 473 g/mol. The molecule has 0 aliphatic carbocycles. The van der Waals surface area contributed by atoms with E-state index in [0.717, 1.165) is 12.8 Å². The normalized spacial score (nSPS) is 13.8. The fraction of sp³-hybridized carbons (Fsp3) is 0.367. The Hall–Kier alpha value is -2.69. The van der Waals surface area contributed by atoms with Crippen molar-refractivity contribution in [3.8, 4) is 0 Å². The molecule has 0 radical (unpaired) electrons. The molecule has 0 unspecified atom stereocenters. The zero-order chi connectivity index (χ0) is 24.6. The van der Waals surface area contributed by atoms with Crippen LogP contribution in [-0.4, -0.2) is 26.9 Å². The lowest BCUT2D eigenvalue weighted by Gasteiger charge is -2.43. The van der Waals surface area contributed by atoms with Gasteiger partial charge in [-0.2, -0.15) is 0 Å². The van der Waals surface area contributed by atoms with Crippen LogP contribution in [0.1, 0.15) is 46.6 Å². The minimum atomic E-state index is -2.56. The van der Waals surface area contributed by atoms with Gasteiger partial charge in [0.05, 0.1) is 0 Å². The quantitative estimate of drug-likeness (QED) is 0.404. The second-order valence-corrected chi connectivity index (χ2v) is 14.7. The Balaban J connectivity index is 1.84. The van der Waals surface area contributed by atoms with Crippen molar-refractivity contribution in [2.75, 3.05) is 6.61 Å². The first-order valence-corrected chi connectivity index (χ1v) is 14.2. The molecule has 2 atom stereocenters. The molecule has 0 fully saturated rings. The van der Waals surface area contributed by atoms with Crippen LogP contribution in [0.25, 0.3) is 0 Å². The molecule has 0 bridgehead atoms. The van der Waals surface area contributed by atoms with Crippen LogP contribution in [0.4, 0.5) is 0 Å². The molecule has 1 N–H and O–H groups in total. The van der Waals surface area contributed by atoms with Crippen LogP contribution in [0.3, 0.4) is 0 Å². The lowest BCUT2D eigenvalue weighted by atomic mass is 9.96. The Bertz CT molecular complexity index is 976. The van der Waals surface area contributed by atoms with E-state index in [1.165, 1.54) is 15.9 Å². The predicted octanol–water partition coefficient (Wildman–Crippen LogP) is 5.34. The van der Waals surface area contributed by atoms with Gasteiger partial charge in [-0.25, -0.2) is 0 Å². The molecule has 180 valence electrons. The number of hydrogen-bond donors (Lipinski definition) is 1. The highest BCUT2D eigenvalue weighted by molar-refractivity contribution is 6.99. The van der Waals surface area contributed by atoms with E-state index in [1.807, 2.05) is 6.07 Å². The van der Waals surface area contributed by atoms with E-state index < -0.39 is 8.32 Å². The summed E-state index contributed by atoms with van der Waals surface area (Å²) in [5, 5.41) is 5.71. The number of hydrogen-bond acceptors (Lipinski definition) is 2. The molecule has 4 heteroatoms. The van der Waals surface area contributed by atoms with Gasteiger partial charge in [0, 0.05) is 19.6 Å². The van der Waals surface area contributed by atoms with E-state index in [0.29, 0.717) is 12.5 Å². The van der Waals surface area contributed by atoms with Crippen LogP contribution in [0.15, 0.2) is 91.0 Å². The van der Waals surface area contributed by atoms with Gasteiger partial charge >= 0.3 is 0 Å². The molecule has 1 amide bonds.